The van der Waals surface area contributed by atoms with E-state index in [2.05, 4.69) is 15.5 Å². The molecular weight excluding hydrogens is 422 g/mol. The number of esters is 1. The van der Waals surface area contributed by atoms with Crippen LogP contribution in [0.15, 0.2) is 33.9 Å². The molecule has 0 fully saturated rings. The highest BCUT2D eigenvalue weighted by Crippen LogP contribution is 2.39. The van der Waals surface area contributed by atoms with Crippen LogP contribution in [0.2, 0.25) is 0 Å². The summed E-state index contributed by atoms with van der Waals surface area (Å²) in [6.45, 7) is 4.04. The van der Waals surface area contributed by atoms with Gasteiger partial charge in [0.2, 0.25) is 11.8 Å². The van der Waals surface area contributed by atoms with Crippen LogP contribution in [-0.2, 0) is 22.4 Å². The molecule has 2 aromatic heterocycles. The molecule has 1 aromatic carbocycles. The molecule has 0 unspecified atom stereocenters. The molecule has 1 N–H and O–H groups in total. The first-order valence-corrected chi connectivity index (χ1v) is 11.5. The quantitative estimate of drug-likeness (QED) is 0.424. The maximum atomic E-state index is 12.5. The summed E-state index contributed by atoms with van der Waals surface area (Å²) in [6, 6.07) is 7.74. The minimum absolute atomic E-state index is 0.0975. The van der Waals surface area contributed by atoms with Crippen LogP contribution in [0.25, 0.3) is 11.5 Å². The number of thiophene rings is 1. The zero-order chi connectivity index (χ0) is 21.1. The van der Waals surface area contributed by atoms with Gasteiger partial charge in [0.05, 0.1) is 17.9 Å². The van der Waals surface area contributed by atoms with E-state index in [-0.39, 0.29) is 17.6 Å². The predicted molar refractivity (Wildman–Crippen MR) is 116 cm³/mol. The van der Waals surface area contributed by atoms with E-state index in [0.717, 1.165) is 52.6 Å². The molecule has 0 atom stereocenters. The van der Waals surface area contributed by atoms with Crippen molar-refractivity contribution in [3.8, 4) is 11.5 Å². The van der Waals surface area contributed by atoms with Crippen LogP contribution in [0.4, 0.5) is 5.00 Å². The number of aryl methyl sites for hydroxylation is 2. The van der Waals surface area contributed by atoms with Crippen molar-refractivity contribution in [1.29, 1.82) is 0 Å². The average Bonchev–Trinajstić information content (AvgIpc) is 3.43. The Morgan fingerprint density at radius 2 is 2.10 bits per heavy atom. The fourth-order valence-corrected chi connectivity index (χ4v) is 5.25. The van der Waals surface area contributed by atoms with Crippen LogP contribution in [0.5, 0.6) is 0 Å². The summed E-state index contributed by atoms with van der Waals surface area (Å²) in [5.41, 5.74) is 3.43. The van der Waals surface area contributed by atoms with Crippen LogP contribution in [0.3, 0.4) is 0 Å². The molecule has 156 valence electrons. The largest absolute Gasteiger partial charge is 0.462 e. The summed E-state index contributed by atoms with van der Waals surface area (Å²) in [7, 11) is 0. The number of hydrogen-bond acceptors (Lipinski definition) is 8. The van der Waals surface area contributed by atoms with E-state index in [1.54, 1.807) is 6.92 Å². The first-order valence-electron chi connectivity index (χ1n) is 9.70. The number of hydrogen-bond donors (Lipinski definition) is 1. The Morgan fingerprint density at radius 3 is 2.90 bits per heavy atom. The van der Waals surface area contributed by atoms with Crippen LogP contribution < -0.4 is 5.32 Å². The topological polar surface area (TPSA) is 94.3 Å². The average molecular weight is 444 g/mol. The van der Waals surface area contributed by atoms with Gasteiger partial charge >= 0.3 is 5.97 Å². The van der Waals surface area contributed by atoms with Crippen molar-refractivity contribution in [2.24, 2.45) is 0 Å². The first-order chi connectivity index (χ1) is 14.6. The lowest BCUT2D eigenvalue weighted by molar-refractivity contribution is -0.113. The van der Waals surface area contributed by atoms with E-state index in [1.807, 2.05) is 31.2 Å². The molecule has 0 saturated heterocycles. The molecule has 30 heavy (non-hydrogen) atoms. The third kappa shape index (κ3) is 4.27. The number of ether oxygens (including phenoxy) is 1. The number of carbonyl (C=O) groups excluding carboxylic acids is 2. The summed E-state index contributed by atoms with van der Waals surface area (Å²) in [5.74, 6) is -0.0868. The van der Waals surface area contributed by atoms with Crippen LogP contribution in [-0.4, -0.2) is 34.4 Å². The van der Waals surface area contributed by atoms with Gasteiger partial charge in [0.15, 0.2) is 0 Å². The van der Waals surface area contributed by atoms with Crippen molar-refractivity contribution in [3.05, 3.63) is 45.8 Å². The van der Waals surface area contributed by atoms with Gasteiger partial charge in [-0.05, 0) is 50.3 Å². The number of rotatable bonds is 7. The zero-order valence-electron chi connectivity index (χ0n) is 16.7. The van der Waals surface area contributed by atoms with Crippen molar-refractivity contribution in [2.45, 2.75) is 38.3 Å². The Kier molecular flexibility index (Phi) is 6.19. The van der Waals surface area contributed by atoms with E-state index in [4.69, 9.17) is 9.15 Å². The van der Waals surface area contributed by atoms with Gasteiger partial charge in [0, 0.05) is 10.4 Å². The summed E-state index contributed by atoms with van der Waals surface area (Å²) in [5, 5.41) is 11.8. The molecule has 0 radical (unpaired) electrons. The van der Waals surface area contributed by atoms with Gasteiger partial charge in [-0.2, -0.15) is 0 Å². The van der Waals surface area contributed by atoms with Gasteiger partial charge in [-0.1, -0.05) is 30.0 Å². The summed E-state index contributed by atoms with van der Waals surface area (Å²) < 4.78 is 10.9. The number of amides is 1. The second-order valence-corrected chi connectivity index (χ2v) is 8.84. The lowest BCUT2D eigenvalue weighted by atomic mass is 10.1. The smallest absolute Gasteiger partial charge is 0.341 e. The lowest BCUT2D eigenvalue weighted by Crippen LogP contribution is -2.16. The monoisotopic (exact) mass is 443 g/mol. The second kappa shape index (κ2) is 9.01. The fraction of sp³-hybridized carbons (Fsp3) is 0.333. The zero-order valence-corrected chi connectivity index (χ0v) is 18.3. The third-order valence-electron chi connectivity index (χ3n) is 4.76. The van der Waals surface area contributed by atoms with Crippen LogP contribution >= 0.6 is 23.1 Å². The number of anilines is 1. The molecule has 9 heteroatoms. The van der Waals surface area contributed by atoms with Gasteiger partial charge < -0.3 is 14.5 Å². The first kappa shape index (κ1) is 20.6. The molecule has 0 saturated carbocycles. The number of nitrogens with one attached hydrogen (secondary N) is 1. The van der Waals surface area contributed by atoms with Gasteiger partial charge in [0.1, 0.15) is 5.00 Å². The van der Waals surface area contributed by atoms with Crippen molar-refractivity contribution >= 4 is 40.0 Å². The second-order valence-electron chi connectivity index (χ2n) is 6.81. The van der Waals surface area contributed by atoms with Crippen molar-refractivity contribution in [1.82, 2.24) is 10.2 Å². The van der Waals surface area contributed by atoms with E-state index in [1.165, 1.54) is 11.3 Å². The molecule has 0 bridgehead atoms. The maximum Gasteiger partial charge on any atom is 0.341 e. The Morgan fingerprint density at radius 1 is 1.27 bits per heavy atom. The highest BCUT2D eigenvalue weighted by molar-refractivity contribution is 7.99. The number of carbonyl (C=O) groups is 2. The van der Waals surface area contributed by atoms with Gasteiger partial charge in [-0.15, -0.1) is 21.5 Å². The molecule has 1 aliphatic carbocycles. The minimum Gasteiger partial charge on any atom is -0.462 e. The molecule has 0 aliphatic heterocycles. The lowest BCUT2D eigenvalue weighted by Gasteiger charge is -2.07. The molecule has 7 nitrogen and oxygen atoms in total. The number of benzene rings is 1. The summed E-state index contributed by atoms with van der Waals surface area (Å²) >= 11 is 2.62. The minimum atomic E-state index is -0.375. The number of thioether (sulfide) groups is 1. The SMILES string of the molecule is CCOC(=O)c1c(NC(=O)CSc2nnc(-c3ccccc3C)o2)sc2c1CCC2. The highest BCUT2D eigenvalue weighted by atomic mass is 32.2. The van der Waals surface area contributed by atoms with Crippen LogP contribution in [0.1, 0.15) is 39.7 Å². The summed E-state index contributed by atoms with van der Waals surface area (Å²) in [6.07, 6.45) is 2.80. The molecular formula is C21H21N3O4S2. The van der Waals surface area contributed by atoms with E-state index >= 15 is 0 Å². The van der Waals surface area contributed by atoms with E-state index in [9.17, 15) is 9.59 Å². The Balaban J connectivity index is 1.42. The highest BCUT2D eigenvalue weighted by Gasteiger charge is 2.28. The maximum absolute atomic E-state index is 12.5. The number of nitrogens with zero attached hydrogens (tertiary/aromatic N) is 2. The van der Waals surface area contributed by atoms with Crippen molar-refractivity contribution < 1.29 is 18.7 Å². The fourth-order valence-electron chi connectivity index (χ4n) is 3.39. The van der Waals surface area contributed by atoms with E-state index < -0.39 is 0 Å². The molecule has 0 spiro atoms. The van der Waals surface area contributed by atoms with Gasteiger partial charge in [-0.25, -0.2) is 4.79 Å². The van der Waals surface area contributed by atoms with Gasteiger partial charge in [-0.3, -0.25) is 4.79 Å². The van der Waals surface area contributed by atoms with Gasteiger partial charge in [0.25, 0.3) is 5.22 Å². The molecule has 1 amide bonds. The molecule has 3 aromatic rings. The number of fused-ring (bicyclic) bond motifs is 1. The Bertz CT molecular complexity index is 1090. The Hall–Kier alpha value is -2.65. The molecule has 4 rings (SSSR count). The number of aromatic nitrogens is 2. The normalized spacial score (nSPS) is 12.6. The molecule has 1 aliphatic rings. The van der Waals surface area contributed by atoms with Crippen molar-refractivity contribution in [3.63, 3.8) is 0 Å². The Labute approximate surface area is 182 Å². The predicted octanol–water partition coefficient (Wildman–Crippen LogP) is 4.50. The summed E-state index contributed by atoms with van der Waals surface area (Å²) in [4.78, 5) is 26.1. The molecule has 2 heterocycles. The van der Waals surface area contributed by atoms with Crippen molar-refractivity contribution in [2.75, 3.05) is 17.7 Å². The van der Waals surface area contributed by atoms with Crippen LogP contribution in [0, 0.1) is 6.92 Å². The van der Waals surface area contributed by atoms with E-state index in [0.29, 0.717) is 28.3 Å². The standard InChI is InChI=1S/C21H21N3O4S2/c1-3-27-20(26)17-14-9-6-10-15(14)30-19(17)22-16(25)11-29-21-24-23-18(28-21)13-8-5-4-7-12(13)2/h4-5,7-8H,3,6,9-11H2,1-2H3,(H,22,25). The third-order valence-corrected chi connectivity index (χ3v) is 6.79.